The van der Waals surface area contributed by atoms with Crippen LogP contribution in [0.25, 0.3) is 0 Å². The van der Waals surface area contributed by atoms with Crippen LogP contribution in [0.1, 0.15) is 6.92 Å². The molecule has 0 fully saturated rings. The van der Waals surface area contributed by atoms with Crippen LogP contribution in [0.2, 0.25) is 0 Å². The van der Waals surface area contributed by atoms with Gasteiger partial charge in [-0.1, -0.05) is 12.1 Å². The second-order valence-corrected chi connectivity index (χ2v) is 4.75. The molecule has 0 saturated heterocycles. The molecular formula is C15H17N3O3. The molecule has 6 heteroatoms. The number of para-hydroxylation sites is 2. The zero-order valence-corrected chi connectivity index (χ0v) is 11.8. The van der Waals surface area contributed by atoms with Gasteiger partial charge in [0.05, 0.1) is 6.54 Å². The van der Waals surface area contributed by atoms with Crippen LogP contribution in [0.15, 0.2) is 41.5 Å². The lowest BCUT2D eigenvalue weighted by Crippen LogP contribution is -2.37. The van der Waals surface area contributed by atoms with Crippen LogP contribution < -0.4 is 20.3 Å². The molecule has 1 aliphatic heterocycles. The minimum atomic E-state index is -0.156. The summed E-state index contributed by atoms with van der Waals surface area (Å²) in [5.41, 5.74) is -0.128. The number of fused-ring (bicyclic) bond motifs is 1. The maximum absolute atomic E-state index is 12.0. The number of nitrogens with one attached hydrogen (secondary N) is 1. The highest BCUT2D eigenvalue weighted by atomic mass is 16.6. The van der Waals surface area contributed by atoms with E-state index in [4.69, 9.17) is 9.47 Å². The molecule has 2 aromatic rings. The van der Waals surface area contributed by atoms with Crippen molar-refractivity contribution >= 4 is 5.82 Å². The first kappa shape index (κ1) is 13.5. The Labute approximate surface area is 122 Å². The lowest BCUT2D eigenvalue weighted by Gasteiger charge is -2.26. The van der Waals surface area contributed by atoms with Gasteiger partial charge in [-0.2, -0.15) is 0 Å². The van der Waals surface area contributed by atoms with Crippen LogP contribution in [0.5, 0.6) is 11.5 Å². The minimum Gasteiger partial charge on any atom is -0.486 e. The molecule has 21 heavy (non-hydrogen) atoms. The summed E-state index contributed by atoms with van der Waals surface area (Å²) in [6.07, 6.45) is 3.13. The minimum absolute atomic E-state index is 0.128. The van der Waals surface area contributed by atoms with Gasteiger partial charge in [0.15, 0.2) is 17.3 Å². The van der Waals surface area contributed by atoms with Crippen molar-refractivity contribution in [3.8, 4) is 11.5 Å². The standard InChI is InChI=1S/C15H17N3O3/c1-2-18-8-7-16-14(15(18)19)17-9-11-10-20-12-5-3-4-6-13(12)21-11/h3-8,11H,2,9-10H2,1H3,(H,16,17). The van der Waals surface area contributed by atoms with Gasteiger partial charge in [-0.25, -0.2) is 4.98 Å². The van der Waals surface area contributed by atoms with Crippen LogP contribution in [0, 0.1) is 0 Å². The predicted octanol–water partition coefficient (Wildman–Crippen LogP) is 1.52. The van der Waals surface area contributed by atoms with E-state index in [0.717, 1.165) is 11.5 Å². The molecular weight excluding hydrogens is 270 g/mol. The van der Waals surface area contributed by atoms with Crippen molar-refractivity contribution in [1.82, 2.24) is 9.55 Å². The zero-order valence-electron chi connectivity index (χ0n) is 11.8. The number of ether oxygens (including phenoxy) is 2. The van der Waals surface area contributed by atoms with Gasteiger partial charge in [0.2, 0.25) is 0 Å². The maximum Gasteiger partial charge on any atom is 0.293 e. The summed E-state index contributed by atoms with van der Waals surface area (Å²) in [6, 6.07) is 7.54. The number of nitrogens with zero attached hydrogens (tertiary/aromatic N) is 2. The number of aromatic nitrogens is 2. The monoisotopic (exact) mass is 287 g/mol. The van der Waals surface area contributed by atoms with Crippen molar-refractivity contribution in [2.24, 2.45) is 0 Å². The fourth-order valence-electron chi connectivity index (χ4n) is 2.19. The quantitative estimate of drug-likeness (QED) is 0.923. The van der Waals surface area contributed by atoms with Gasteiger partial charge >= 0.3 is 0 Å². The van der Waals surface area contributed by atoms with Gasteiger partial charge in [-0.05, 0) is 19.1 Å². The lowest BCUT2D eigenvalue weighted by atomic mass is 10.2. The Balaban J connectivity index is 1.66. The van der Waals surface area contributed by atoms with Crippen molar-refractivity contribution in [3.05, 3.63) is 47.0 Å². The SMILES string of the molecule is CCn1ccnc(NCC2COc3ccccc3O2)c1=O. The summed E-state index contributed by atoms with van der Waals surface area (Å²) in [5, 5.41) is 3.04. The van der Waals surface area contributed by atoms with Crippen molar-refractivity contribution in [2.45, 2.75) is 19.6 Å². The molecule has 1 aromatic heterocycles. The second kappa shape index (κ2) is 5.87. The van der Waals surface area contributed by atoms with Gasteiger partial charge in [0, 0.05) is 18.9 Å². The van der Waals surface area contributed by atoms with E-state index >= 15 is 0 Å². The molecule has 110 valence electrons. The normalized spacial score (nSPS) is 16.5. The Bertz CT molecular complexity index is 684. The van der Waals surface area contributed by atoms with Crippen LogP contribution >= 0.6 is 0 Å². The first-order valence-electron chi connectivity index (χ1n) is 6.95. The van der Waals surface area contributed by atoms with Crippen molar-refractivity contribution in [3.63, 3.8) is 0 Å². The molecule has 3 rings (SSSR count). The smallest absolute Gasteiger partial charge is 0.293 e. The van der Waals surface area contributed by atoms with E-state index in [1.165, 1.54) is 0 Å². The van der Waals surface area contributed by atoms with E-state index in [2.05, 4.69) is 10.3 Å². The molecule has 0 radical (unpaired) electrons. The van der Waals surface area contributed by atoms with Crippen molar-refractivity contribution in [2.75, 3.05) is 18.5 Å². The van der Waals surface area contributed by atoms with E-state index in [-0.39, 0.29) is 11.7 Å². The average molecular weight is 287 g/mol. The largest absolute Gasteiger partial charge is 0.486 e. The van der Waals surface area contributed by atoms with Crippen LogP contribution in [0.3, 0.4) is 0 Å². The van der Waals surface area contributed by atoms with E-state index in [1.54, 1.807) is 17.0 Å². The Morgan fingerprint density at radius 1 is 1.38 bits per heavy atom. The molecule has 0 saturated carbocycles. The highest BCUT2D eigenvalue weighted by Gasteiger charge is 2.20. The lowest BCUT2D eigenvalue weighted by molar-refractivity contribution is 0.0997. The van der Waals surface area contributed by atoms with Crippen LogP contribution in [-0.4, -0.2) is 28.8 Å². The molecule has 1 aliphatic rings. The molecule has 1 aromatic carbocycles. The molecule has 1 unspecified atom stereocenters. The number of aryl methyl sites for hydroxylation is 1. The number of hydrogen-bond donors (Lipinski definition) is 1. The first-order valence-corrected chi connectivity index (χ1v) is 6.95. The molecule has 0 amide bonds. The highest BCUT2D eigenvalue weighted by Crippen LogP contribution is 2.30. The summed E-state index contributed by atoms with van der Waals surface area (Å²) >= 11 is 0. The average Bonchev–Trinajstić information content (AvgIpc) is 2.54. The molecule has 2 heterocycles. The fourth-order valence-corrected chi connectivity index (χ4v) is 2.19. The number of rotatable bonds is 4. The summed E-state index contributed by atoms with van der Waals surface area (Å²) in [7, 11) is 0. The number of benzene rings is 1. The molecule has 1 atom stereocenters. The first-order chi connectivity index (χ1) is 10.3. The van der Waals surface area contributed by atoms with Gasteiger partial charge in [-0.15, -0.1) is 0 Å². The van der Waals surface area contributed by atoms with Crippen LogP contribution in [-0.2, 0) is 6.54 Å². The second-order valence-electron chi connectivity index (χ2n) is 4.75. The van der Waals surface area contributed by atoms with E-state index in [0.29, 0.717) is 25.5 Å². The Morgan fingerprint density at radius 3 is 3.00 bits per heavy atom. The Morgan fingerprint density at radius 2 is 2.19 bits per heavy atom. The van der Waals surface area contributed by atoms with Crippen molar-refractivity contribution in [1.29, 1.82) is 0 Å². The zero-order chi connectivity index (χ0) is 14.7. The Kier molecular flexibility index (Phi) is 3.77. The topological polar surface area (TPSA) is 65.4 Å². The highest BCUT2D eigenvalue weighted by molar-refractivity contribution is 5.41. The van der Waals surface area contributed by atoms with Gasteiger partial charge in [0.25, 0.3) is 5.56 Å². The third-order valence-corrected chi connectivity index (χ3v) is 3.32. The number of hydrogen-bond acceptors (Lipinski definition) is 5. The van der Waals surface area contributed by atoms with Crippen LogP contribution in [0.4, 0.5) is 5.82 Å². The summed E-state index contributed by atoms with van der Waals surface area (Å²) in [4.78, 5) is 16.1. The molecule has 1 N–H and O–H groups in total. The van der Waals surface area contributed by atoms with E-state index < -0.39 is 0 Å². The van der Waals surface area contributed by atoms with E-state index in [1.807, 2.05) is 31.2 Å². The maximum atomic E-state index is 12.0. The molecule has 0 spiro atoms. The third kappa shape index (κ3) is 2.84. The summed E-state index contributed by atoms with van der Waals surface area (Å²) < 4.78 is 13.1. The molecule has 6 nitrogen and oxygen atoms in total. The predicted molar refractivity (Wildman–Crippen MR) is 79.0 cm³/mol. The fraction of sp³-hybridized carbons (Fsp3) is 0.333. The summed E-state index contributed by atoms with van der Waals surface area (Å²) in [6.45, 7) is 3.44. The molecule has 0 aliphatic carbocycles. The van der Waals surface area contributed by atoms with Gasteiger partial charge in [-0.3, -0.25) is 4.79 Å². The Hall–Kier alpha value is -2.50. The van der Waals surface area contributed by atoms with E-state index in [9.17, 15) is 4.79 Å². The van der Waals surface area contributed by atoms with Gasteiger partial charge in [0.1, 0.15) is 12.7 Å². The number of anilines is 1. The summed E-state index contributed by atoms with van der Waals surface area (Å²) in [5.74, 6) is 1.81. The van der Waals surface area contributed by atoms with Crippen molar-refractivity contribution < 1.29 is 9.47 Å². The molecule has 0 bridgehead atoms. The third-order valence-electron chi connectivity index (χ3n) is 3.32. The van der Waals surface area contributed by atoms with Gasteiger partial charge < -0.3 is 19.4 Å².